The molecule has 21 heavy (non-hydrogen) atoms. The molecule has 0 aliphatic carbocycles. The number of aromatic nitrogens is 2. The molecule has 1 aromatic rings. The normalized spacial score (nSPS) is 18.7. The van der Waals surface area contributed by atoms with Gasteiger partial charge in [0.15, 0.2) is 5.69 Å². The fourth-order valence-corrected chi connectivity index (χ4v) is 2.83. The lowest BCUT2D eigenvalue weighted by Crippen LogP contribution is -2.41. The van der Waals surface area contributed by atoms with E-state index in [4.69, 9.17) is 0 Å². The van der Waals surface area contributed by atoms with E-state index in [2.05, 4.69) is 27.3 Å². The van der Waals surface area contributed by atoms with Gasteiger partial charge in [0.1, 0.15) is 5.82 Å². The van der Waals surface area contributed by atoms with Crippen molar-refractivity contribution in [1.82, 2.24) is 20.0 Å². The lowest BCUT2D eigenvalue weighted by atomic mass is 10.2. The van der Waals surface area contributed by atoms with Gasteiger partial charge in [-0.1, -0.05) is 6.92 Å². The van der Waals surface area contributed by atoms with Crippen molar-refractivity contribution in [3.63, 3.8) is 0 Å². The third kappa shape index (κ3) is 3.91. The Morgan fingerprint density at radius 2 is 2.24 bits per heavy atom. The smallest absolute Gasteiger partial charge is 0.274 e. The summed E-state index contributed by atoms with van der Waals surface area (Å²) < 4.78 is 0. The summed E-state index contributed by atoms with van der Waals surface area (Å²) in [6.45, 7) is 7.89. The van der Waals surface area contributed by atoms with Gasteiger partial charge in [-0.15, -0.1) is 10.2 Å². The number of carbonyl (C=O) groups excluding carboxylic acids is 1. The van der Waals surface area contributed by atoms with E-state index in [1.807, 2.05) is 14.0 Å². The quantitative estimate of drug-likeness (QED) is 0.860. The minimum atomic E-state index is -0.0616. The molecule has 2 heterocycles. The fourth-order valence-electron chi connectivity index (χ4n) is 2.83. The average Bonchev–Trinajstić information content (AvgIpc) is 2.94. The van der Waals surface area contributed by atoms with Gasteiger partial charge in [0.2, 0.25) is 0 Å². The molecule has 1 aromatic heterocycles. The highest BCUT2D eigenvalue weighted by molar-refractivity contribution is 5.92. The minimum absolute atomic E-state index is 0.0616. The Labute approximate surface area is 126 Å². The van der Waals surface area contributed by atoms with E-state index in [-0.39, 0.29) is 5.91 Å². The second-order valence-electron chi connectivity index (χ2n) is 5.44. The molecule has 0 spiro atoms. The molecule has 1 fully saturated rings. The molecule has 0 saturated carbocycles. The third-order valence-electron chi connectivity index (χ3n) is 3.98. The van der Waals surface area contributed by atoms with Gasteiger partial charge < -0.3 is 10.2 Å². The van der Waals surface area contributed by atoms with Gasteiger partial charge in [0, 0.05) is 26.2 Å². The number of hydrogen-bond acceptors (Lipinski definition) is 5. The zero-order valence-electron chi connectivity index (χ0n) is 13.2. The first kappa shape index (κ1) is 15.7. The molecule has 1 saturated heterocycles. The van der Waals surface area contributed by atoms with E-state index in [0.717, 1.165) is 32.6 Å². The maximum Gasteiger partial charge on any atom is 0.274 e. The molecule has 1 aliphatic rings. The zero-order valence-corrected chi connectivity index (χ0v) is 13.2. The SMILES string of the molecule is CCNc1ccc(C(=O)N(C)CC2CCCN2CC)nn1. The molecule has 0 bridgehead atoms. The Balaban J connectivity index is 1.95. The van der Waals surface area contributed by atoms with Crippen molar-refractivity contribution in [3.8, 4) is 0 Å². The second-order valence-corrected chi connectivity index (χ2v) is 5.44. The molecular formula is C15H25N5O. The molecule has 6 heteroatoms. The van der Waals surface area contributed by atoms with E-state index in [1.165, 1.54) is 6.42 Å². The van der Waals surface area contributed by atoms with Crippen molar-refractivity contribution in [2.75, 3.05) is 38.5 Å². The summed E-state index contributed by atoms with van der Waals surface area (Å²) >= 11 is 0. The number of hydrogen-bond donors (Lipinski definition) is 1. The molecule has 0 aromatic carbocycles. The minimum Gasteiger partial charge on any atom is -0.369 e. The molecule has 2 rings (SSSR count). The number of nitrogens with one attached hydrogen (secondary N) is 1. The van der Waals surface area contributed by atoms with Crippen LogP contribution in [0.4, 0.5) is 5.82 Å². The zero-order chi connectivity index (χ0) is 15.2. The highest BCUT2D eigenvalue weighted by Crippen LogP contribution is 2.17. The lowest BCUT2D eigenvalue weighted by molar-refractivity contribution is 0.0748. The highest BCUT2D eigenvalue weighted by atomic mass is 16.2. The number of nitrogens with zero attached hydrogens (tertiary/aromatic N) is 4. The summed E-state index contributed by atoms with van der Waals surface area (Å²) in [5.74, 6) is 0.637. The molecule has 0 radical (unpaired) electrons. The van der Waals surface area contributed by atoms with E-state index >= 15 is 0 Å². The number of carbonyl (C=O) groups is 1. The molecular weight excluding hydrogens is 266 g/mol. The van der Waals surface area contributed by atoms with Crippen molar-refractivity contribution in [2.45, 2.75) is 32.7 Å². The molecule has 6 nitrogen and oxygen atoms in total. The Kier molecular flexibility index (Phi) is 5.50. The van der Waals surface area contributed by atoms with Crippen molar-refractivity contribution >= 4 is 11.7 Å². The van der Waals surface area contributed by atoms with E-state index in [1.54, 1.807) is 17.0 Å². The average molecular weight is 291 g/mol. The highest BCUT2D eigenvalue weighted by Gasteiger charge is 2.26. The number of anilines is 1. The van der Waals surface area contributed by atoms with Gasteiger partial charge >= 0.3 is 0 Å². The first-order valence-corrected chi connectivity index (χ1v) is 7.72. The van der Waals surface area contributed by atoms with Crippen LogP contribution >= 0.6 is 0 Å². The molecule has 1 aliphatic heterocycles. The van der Waals surface area contributed by atoms with Crippen LogP contribution in [0.5, 0.6) is 0 Å². The van der Waals surface area contributed by atoms with Crippen LogP contribution in [0.2, 0.25) is 0 Å². The first-order valence-electron chi connectivity index (χ1n) is 7.72. The van der Waals surface area contributed by atoms with E-state index in [0.29, 0.717) is 17.6 Å². The lowest BCUT2D eigenvalue weighted by Gasteiger charge is -2.27. The first-order chi connectivity index (χ1) is 10.2. The number of likely N-dealkylation sites (N-methyl/N-ethyl adjacent to an activating group) is 2. The summed E-state index contributed by atoms with van der Waals surface area (Å²) in [6.07, 6.45) is 2.38. The van der Waals surface area contributed by atoms with Gasteiger partial charge in [0.25, 0.3) is 5.91 Å². The van der Waals surface area contributed by atoms with Gasteiger partial charge in [-0.2, -0.15) is 0 Å². The summed E-state index contributed by atoms with van der Waals surface area (Å²) in [5, 5.41) is 11.1. The summed E-state index contributed by atoms with van der Waals surface area (Å²) in [7, 11) is 1.84. The van der Waals surface area contributed by atoms with Crippen molar-refractivity contribution in [3.05, 3.63) is 17.8 Å². The van der Waals surface area contributed by atoms with Gasteiger partial charge in [-0.05, 0) is 45.0 Å². The Morgan fingerprint density at radius 1 is 1.43 bits per heavy atom. The molecule has 116 valence electrons. The number of rotatable bonds is 6. The topological polar surface area (TPSA) is 61.4 Å². The number of amides is 1. The molecule has 1 atom stereocenters. The summed E-state index contributed by atoms with van der Waals surface area (Å²) in [5.41, 5.74) is 0.403. The van der Waals surface area contributed by atoms with Gasteiger partial charge in [0.05, 0.1) is 0 Å². The summed E-state index contributed by atoms with van der Waals surface area (Å²) in [4.78, 5) is 16.6. The second kappa shape index (κ2) is 7.36. The Morgan fingerprint density at radius 3 is 2.86 bits per heavy atom. The van der Waals surface area contributed by atoms with Crippen molar-refractivity contribution in [1.29, 1.82) is 0 Å². The monoisotopic (exact) mass is 291 g/mol. The van der Waals surface area contributed by atoms with Crippen LogP contribution in [0.15, 0.2) is 12.1 Å². The fraction of sp³-hybridized carbons (Fsp3) is 0.667. The number of likely N-dealkylation sites (tertiary alicyclic amines) is 1. The summed E-state index contributed by atoms with van der Waals surface area (Å²) in [6, 6.07) is 4.00. The third-order valence-corrected chi connectivity index (χ3v) is 3.98. The predicted octanol–water partition coefficient (Wildman–Crippen LogP) is 1.46. The Bertz CT molecular complexity index is 462. The largest absolute Gasteiger partial charge is 0.369 e. The van der Waals surface area contributed by atoms with Crippen LogP contribution in [-0.4, -0.2) is 65.2 Å². The van der Waals surface area contributed by atoms with Crippen LogP contribution in [0.1, 0.15) is 37.2 Å². The van der Waals surface area contributed by atoms with Crippen LogP contribution in [0.3, 0.4) is 0 Å². The van der Waals surface area contributed by atoms with Gasteiger partial charge in [-0.3, -0.25) is 9.69 Å². The van der Waals surface area contributed by atoms with Crippen molar-refractivity contribution < 1.29 is 4.79 Å². The molecule has 1 amide bonds. The van der Waals surface area contributed by atoms with Gasteiger partial charge in [-0.25, -0.2) is 0 Å². The van der Waals surface area contributed by atoms with Crippen LogP contribution in [-0.2, 0) is 0 Å². The molecule has 1 N–H and O–H groups in total. The van der Waals surface area contributed by atoms with E-state index in [9.17, 15) is 4.79 Å². The van der Waals surface area contributed by atoms with Crippen LogP contribution in [0.25, 0.3) is 0 Å². The van der Waals surface area contributed by atoms with E-state index < -0.39 is 0 Å². The maximum atomic E-state index is 12.4. The Hall–Kier alpha value is -1.69. The maximum absolute atomic E-state index is 12.4. The predicted molar refractivity (Wildman–Crippen MR) is 83.4 cm³/mol. The van der Waals surface area contributed by atoms with Crippen molar-refractivity contribution in [2.24, 2.45) is 0 Å². The molecule has 1 unspecified atom stereocenters. The van der Waals surface area contributed by atoms with Crippen LogP contribution in [0, 0.1) is 0 Å². The standard InChI is InChI=1S/C15H25N5O/c1-4-16-14-9-8-13(17-18-14)15(21)19(3)11-12-7-6-10-20(12)5-2/h8-9,12H,4-7,10-11H2,1-3H3,(H,16,18). The van der Waals surface area contributed by atoms with Crippen LogP contribution < -0.4 is 5.32 Å².